The lowest BCUT2D eigenvalue weighted by Gasteiger charge is -2.24. The normalized spacial score (nSPS) is 19.6. The van der Waals surface area contributed by atoms with Crippen molar-refractivity contribution < 1.29 is 9.53 Å². The van der Waals surface area contributed by atoms with Gasteiger partial charge in [0.25, 0.3) is 0 Å². The maximum Gasteiger partial charge on any atom is 0.341 e. The molecule has 5 aromatic rings. The van der Waals surface area contributed by atoms with Gasteiger partial charge >= 0.3 is 5.97 Å². The Balaban J connectivity index is 1.17. The molecular weight excluding hydrogens is 560 g/mol. The van der Waals surface area contributed by atoms with Crippen molar-refractivity contribution in [1.82, 2.24) is 29.7 Å². The van der Waals surface area contributed by atoms with Gasteiger partial charge in [-0.15, -0.1) is 5.10 Å². The molecule has 0 saturated heterocycles. The highest BCUT2D eigenvalue weighted by Crippen LogP contribution is 2.55. The van der Waals surface area contributed by atoms with E-state index in [0.29, 0.717) is 18.1 Å². The number of carbonyl (C=O) groups is 1. The van der Waals surface area contributed by atoms with Crippen molar-refractivity contribution in [1.29, 1.82) is 0 Å². The van der Waals surface area contributed by atoms with Crippen LogP contribution >= 0.6 is 0 Å². The Morgan fingerprint density at radius 1 is 0.956 bits per heavy atom. The zero-order valence-electron chi connectivity index (χ0n) is 26.3. The number of hydrogen-bond donors (Lipinski definition) is 0. The van der Waals surface area contributed by atoms with E-state index in [4.69, 9.17) is 9.84 Å². The van der Waals surface area contributed by atoms with Crippen LogP contribution in [0.3, 0.4) is 0 Å². The van der Waals surface area contributed by atoms with E-state index in [0.717, 1.165) is 55.1 Å². The van der Waals surface area contributed by atoms with Crippen molar-refractivity contribution in [2.75, 3.05) is 13.2 Å². The number of hydrogen-bond acceptors (Lipinski definition) is 6. The van der Waals surface area contributed by atoms with Crippen LogP contribution in [0.5, 0.6) is 0 Å². The maximum atomic E-state index is 13.0. The third-order valence-corrected chi connectivity index (χ3v) is 9.32. The summed E-state index contributed by atoms with van der Waals surface area (Å²) in [6, 6.07) is 26.2. The molecule has 1 aliphatic heterocycles. The molecule has 0 radical (unpaired) electrons. The first-order valence-corrected chi connectivity index (χ1v) is 16.1. The maximum absolute atomic E-state index is 13.0. The summed E-state index contributed by atoms with van der Waals surface area (Å²) < 4.78 is 9.06. The molecule has 3 unspecified atom stereocenters. The number of esters is 1. The lowest BCUT2D eigenvalue weighted by atomic mass is 9.95. The monoisotopic (exact) mass is 600 g/mol. The molecule has 2 aliphatic rings. The summed E-state index contributed by atoms with van der Waals surface area (Å²) >= 11 is 0. The summed E-state index contributed by atoms with van der Waals surface area (Å²) in [6.45, 7) is 7.45. The average molecular weight is 601 g/mol. The fourth-order valence-electron chi connectivity index (χ4n) is 6.92. The van der Waals surface area contributed by atoms with E-state index in [1.54, 1.807) is 10.9 Å². The number of ether oxygens (including phenoxy) is 1. The molecule has 0 spiro atoms. The van der Waals surface area contributed by atoms with Crippen molar-refractivity contribution in [2.24, 2.45) is 13.0 Å². The van der Waals surface area contributed by atoms with E-state index in [9.17, 15) is 4.79 Å². The van der Waals surface area contributed by atoms with Crippen molar-refractivity contribution in [3.8, 4) is 16.8 Å². The highest BCUT2D eigenvalue weighted by atomic mass is 16.5. The van der Waals surface area contributed by atoms with Crippen molar-refractivity contribution >= 4 is 5.97 Å². The van der Waals surface area contributed by atoms with Gasteiger partial charge < -0.3 is 4.74 Å². The molecule has 0 bridgehead atoms. The van der Waals surface area contributed by atoms with Gasteiger partial charge in [-0.3, -0.25) is 9.58 Å². The van der Waals surface area contributed by atoms with Gasteiger partial charge in [0, 0.05) is 44.7 Å². The standard InChI is InChI=1S/C37H40N6O2/c1-4-25-16-28-11-6-7-12-30(28)23-42(21-25)22-26-10-8-13-27(17-26)29-14-9-15-31(18-29)43-36(34(20-38-43)37(44)45-5-2)33-19-32(33)35-24-41(3)40-39-35/h6-15,17-18,20,24-25,32-33H,4-5,16,19,21-23H2,1-3H3. The predicted molar refractivity (Wildman–Crippen MR) is 174 cm³/mol. The third kappa shape index (κ3) is 6.07. The molecule has 230 valence electrons. The van der Waals surface area contributed by atoms with Gasteiger partial charge in [0.2, 0.25) is 0 Å². The summed E-state index contributed by atoms with van der Waals surface area (Å²) in [7, 11) is 1.87. The number of benzene rings is 3. The fourth-order valence-corrected chi connectivity index (χ4v) is 6.92. The highest BCUT2D eigenvalue weighted by Gasteiger charge is 2.46. The topological polar surface area (TPSA) is 78.1 Å². The lowest BCUT2D eigenvalue weighted by Crippen LogP contribution is -2.27. The van der Waals surface area contributed by atoms with Crippen LogP contribution < -0.4 is 0 Å². The summed E-state index contributed by atoms with van der Waals surface area (Å²) in [4.78, 5) is 15.6. The molecule has 3 atom stereocenters. The van der Waals surface area contributed by atoms with E-state index >= 15 is 0 Å². The van der Waals surface area contributed by atoms with Gasteiger partial charge in [-0.25, -0.2) is 9.48 Å². The van der Waals surface area contributed by atoms with Crippen LogP contribution in [0.25, 0.3) is 16.8 Å². The molecule has 45 heavy (non-hydrogen) atoms. The first kappa shape index (κ1) is 29.2. The minimum atomic E-state index is -0.339. The van der Waals surface area contributed by atoms with Crippen LogP contribution in [0.1, 0.15) is 77.0 Å². The van der Waals surface area contributed by atoms with Crippen molar-refractivity contribution in [3.63, 3.8) is 0 Å². The van der Waals surface area contributed by atoms with Gasteiger partial charge in [0.05, 0.1) is 29.9 Å². The molecule has 1 fully saturated rings. The first-order valence-electron chi connectivity index (χ1n) is 16.1. The van der Waals surface area contributed by atoms with Crippen LogP contribution in [0.4, 0.5) is 0 Å². The number of carbonyl (C=O) groups excluding carboxylic acids is 1. The summed E-state index contributed by atoms with van der Waals surface area (Å²) in [5.74, 6) is 0.631. The SMILES string of the molecule is CCOC(=O)c1cnn(-c2cccc(-c3cccc(CN4Cc5ccccc5CC(CC)C4)c3)c2)c1C1CC1c1cn(C)nn1. The first-order chi connectivity index (χ1) is 22.0. The van der Waals surface area contributed by atoms with Gasteiger partial charge in [-0.05, 0) is 71.7 Å². The Hall–Kier alpha value is -4.56. The smallest absolute Gasteiger partial charge is 0.341 e. The summed E-state index contributed by atoms with van der Waals surface area (Å²) in [5.41, 5.74) is 9.79. The zero-order valence-corrected chi connectivity index (χ0v) is 26.3. The molecule has 1 aliphatic carbocycles. The lowest BCUT2D eigenvalue weighted by molar-refractivity contribution is 0.0525. The van der Waals surface area contributed by atoms with E-state index in [1.165, 1.54) is 28.7 Å². The molecule has 3 aromatic carbocycles. The molecule has 8 nitrogen and oxygen atoms in total. The third-order valence-electron chi connectivity index (χ3n) is 9.32. The van der Waals surface area contributed by atoms with Crippen molar-refractivity contribution in [3.05, 3.63) is 119 Å². The van der Waals surface area contributed by atoms with Crippen LogP contribution in [0.2, 0.25) is 0 Å². The predicted octanol–water partition coefficient (Wildman–Crippen LogP) is 6.70. The minimum Gasteiger partial charge on any atom is -0.462 e. The second kappa shape index (κ2) is 12.4. The number of rotatable bonds is 9. The highest BCUT2D eigenvalue weighted by molar-refractivity contribution is 5.91. The molecule has 0 N–H and O–H groups in total. The van der Waals surface area contributed by atoms with Gasteiger partial charge in [0.1, 0.15) is 5.56 Å². The van der Waals surface area contributed by atoms with E-state index in [1.807, 2.05) is 24.9 Å². The number of nitrogens with zero attached hydrogens (tertiary/aromatic N) is 6. The molecular formula is C37H40N6O2. The van der Waals surface area contributed by atoms with Gasteiger partial charge in [-0.1, -0.05) is 73.2 Å². The minimum absolute atomic E-state index is 0.112. The van der Waals surface area contributed by atoms with Gasteiger partial charge in [-0.2, -0.15) is 5.10 Å². The van der Waals surface area contributed by atoms with Crippen LogP contribution in [-0.4, -0.2) is 48.8 Å². The largest absolute Gasteiger partial charge is 0.462 e. The van der Waals surface area contributed by atoms with E-state index in [-0.39, 0.29) is 17.8 Å². The fraction of sp³-hybridized carbons (Fsp3) is 0.351. The Bertz CT molecular complexity index is 1820. The van der Waals surface area contributed by atoms with Crippen LogP contribution in [-0.2, 0) is 31.3 Å². The molecule has 0 amide bonds. The Labute approximate surface area is 264 Å². The van der Waals surface area contributed by atoms with E-state index in [2.05, 4.69) is 94.9 Å². The summed E-state index contributed by atoms with van der Waals surface area (Å²) in [5, 5.41) is 13.2. The summed E-state index contributed by atoms with van der Waals surface area (Å²) in [6.07, 6.45) is 6.83. The second-order valence-corrected chi connectivity index (χ2v) is 12.5. The molecule has 7 rings (SSSR count). The van der Waals surface area contributed by atoms with Gasteiger partial charge in [0.15, 0.2) is 0 Å². The molecule has 8 heteroatoms. The average Bonchev–Trinajstić information content (AvgIpc) is 3.58. The number of aryl methyl sites for hydroxylation is 1. The second-order valence-electron chi connectivity index (χ2n) is 12.5. The van der Waals surface area contributed by atoms with E-state index < -0.39 is 0 Å². The zero-order chi connectivity index (χ0) is 30.9. The molecule has 1 saturated carbocycles. The Kier molecular flexibility index (Phi) is 8.06. The number of fused-ring (bicyclic) bond motifs is 1. The number of aromatic nitrogens is 5. The Morgan fingerprint density at radius 3 is 2.53 bits per heavy atom. The molecule has 3 heterocycles. The Morgan fingerprint density at radius 2 is 1.76 bits per heavy atom. The molecule has 2 aromatic heterocycles. The van der Waals surface area contributed by atoms with Crippen LogP contribution in [0, 0.1) is 5.92 Å². The van der Waals surface area contributed by atoms with Crippen molar-refractivity contribution in [2.45, 2.75) is 58.0 Å². The van der Waals surface area contributed by atoms with Crippen LogP contribution in [0.15, 0.2) is 85.2 Å². The quantitative estimate of drug-likeness (QED) is 0.175.